The number of fused-ring (bicyclic) bond motifs is 1. The first-order chi connectivity index (χ1) is 10.0. The maximum Gasteiger partial charge on any atom is 0.241 e. The molecule has 0 spiro atoms. The predicted molar refractivity (Wildman–Crippen MR) is 77.6 cm³/mol. The maximum atomic E-state index is 13.7. The summed E-state index contributed by atoms with van der Waals surface area (Å²) in [5.41, 5.74) is 5.55. The van der Waals surface area contributed by atoms with Gasteiger partial charge in [0, 0.05) is 30.7 Å². The van der Waals surface area contributed by atoms with E-state index in [0.717, 1.165) is 32.4 Å². The number of rotatable bonds is 4. The first-order valence-corrected chi connectivity index (χ1v) is 8.75. The van der Waals surface area contributed by atoms with E-state index in [2.05, 4.69) is 9.62 Å². The summed E-state index contributed by atoms with van der Waals surface area (Å²) < 4.78 is 41.6. The van der Waals surface area contributed by atoms with Crippen molar-refractivity contribution in [3.63, 3.8) is 0 Å². The zero-order chi connectivity index (χ0) is 15.0. The second-order valence-corrected chi connectivity index (χ2v) is 7.37. The average Bonchev–Trinajstić information content (AvgIpc) is 3.03. The molecule has 116 valence electrons. The summed E-state index contributed by atoms with van der Waals surface area (Å²) in [6.07, 6.45) is 2.92. The van der Waals surface area contributed by atoms with Gasteiger partial charge in [0.15, 0.2) is 0 Å². The first kappa shape index (κ1) is 14.9. The van der Waals surface area contributed by atoms with E-state index >= 15 is 0 Å². The minimum Gasteiger partial charge on any atom is -0.326 e. The molecule has 2 fully saturated rings. The predicted octanol–water partition coefficient (Wildman–Crippen LogP) is 0.799. The van der Waals surface area contributed by atoms with E-state index in [1.807, 2.05) is 0 Å². The Kier molecular flexibility index (Phi) is 4.00. The molecular formula is C14H20FN3O2S. The van der Waals surface area contributed by atoms with Crippen LogP contribution in [0.15, 0.2) is 23.1 Å². The molecule has 7 heteroatoms. The second-order valence-electron chi connectivity index (χ2n) is 5.68. The fourth-order valence-electron chi connectivity index (χ4n) is 3.47. The van der Waals surface area contributed by atoms with Gasteiger partial charge in [-0.1, -0.05) is 6.07 Å². The number of hydrogen-bond acceptors (Lipinski definition) is 4. The van der Waals surface area contributed by atoms with E-state index in [1.54, 1.807) is 0 Å². The number of sulfonamides is 1. The molecule has 0 aromatic heterocycles. The average molecular weight is 313 g/mol. The lowest BCUT2D eigenvalue weighted by Gasteiger charge is -2.22. The van der Waals surface area contributed by atoms with Crippen molar-refractivity contribution in [1.29, 1.82) is 0 Å². The van der Waals surface area contributed by atoms with Crippen molar-refractivity contribution in [3.8, 4) is 0 Å². The number of nitrogens with zero attached hydrogens (tertiary/aromatic N) is 1. The third kappa shape index (κ3) is 2.70. The van der Waals surface area contributed by atoms with Crippen LogP contribution in [-0.4, -0.2) is 38.5 Å². The van der Waals surface area contributed by atoms with Crippen LogP contribution in [0.5, 0.6) is 0 Å². The molecular weight excluding hydrogens is 293 g/mol. The van der Waals surface area contributed by atoms with Crippen LogP contribution < -0.4 is 10.5 Å². The molecule has 0 saturated carbocycles. The molecule has 0 radical (unpaired) electrons. The Bertz CT molecular complexity index is 635. The monoisotopic (exact) mass is 313 g/mol. The highest BCUT2D eigenvalue weighted by molar-refractivity contribution is 7.89. The zero-order valence-electron chi connectivity index (χ0n) is 11.8. The summed E-state index contributed by atoms with van der Waals surface area (Å²) >= 11 is 0. The summed E-state index contributed by atoms with van der Waals surface area (Å²) in [6.45, 7) is 1.82. The third-order valence-electron chi connectivity index (χ3n) is 4.48. The molecule has 1 aromatic carbocycles. The molecule has 5 nitrogen and oxygen atoms in total. The second kappa shape index (κ2) is 5.64. The molecule has 2 saturated heterocycles. The molecule has 2 aliphatic rings. The SMILES string of the molecule is NCc1c(F)cccc1S(=O)(=O)NC1CCN2CCCC12. The van der Waals surface area contributed by atoms with Gasteiger partial charge in [0.05, 0.1) is 4.90 Å². The Morgan fingerprint density at radius 3 is 2.90 bits per heavy atom. The molecule has 2 unspecified atom stereocenters. The fourth-order valence-corrected chi connectivity index (χ4v) is 5.03. The zero-order valence-corrected chi connectivity index (χ0v) is 12.6. The molecule has 2 heterocycles. The van der Waals surface area contributed by atoms with E-state index in [9.17, 15) is 12.8 Å². The minimum absolute atomic E-state index is 0.0403. The van der Waals surface area contributed by atoms with Crippen LogP contribution in [0.2, 0.25) is 0 Å². The van der Waals surface area contributed by atoms with Gasteiger partial charge in [-0.3, -0.25) is 4.90 Å². The van der Waals surface area contributed by atoms with Crippen molar-refractivity contribution >= 4 is 10.0 Å². The van der Waals surface area contributed by atoms with Gasteiger partial charge in [-0.15, -0.1) is 0 Å². The smallest absolute Gasteiger partial charge is 0.241 e. The Labute approximate surface area is 124 Å². The summed E-state index contributed by atoms with van der Waals surface area (Å²) in [4.78, 5) is 2.28. The Morgan fingerprint density at radius 2 is 2.14 bits per heavy atom. The molecule has 0 amide bonds. The van der Waals surface area contributed by atoms with Gasteiger partial charge in [0.25, 0.3) is 0 Å². The number of nitrogens with one attached hydrogen (secondary N) is 1. The van der Waals surface area contributed by atoms with Crippen molar-refractivity contribution in [2.24, 2.45) is 5.73 Å². The quantitative estimate of drug-likeness (QED) is 0.862. The maximum absolute atomic E-state index is 13.7. The van der Waals surface area contributed by atoms with Gasteiger partial charge in [-0.05, 0) is 37.9 Å². The van der Waals surface area contributed by atoms with E-state index in [1.165, 1.54) is 18.2 Å². The van der Waals surface area contributed by atoms with Crippen molar-refractivity contribution in [1.82, 2.24) is 9.62 Å². The van der Waals surface area contributed by atoms with Crippen LogP contribution in [0.1, 0.15) is 24.8 Å². The van der Waals surface area contributed by atoms with Crippen LogP contribution in [0.25, 0.3) is 0 Å². The first-order valence-electron chi connectivity index (χ1n) is 7.27. The van der Waals surface area contributed by atoms with Crippen molar-refractivity contribution in [2.45, 2.75) is 42.8 Å². The van der Waals surface area contributed by atoms with Crippen LogP contribution in [0, 0.1) is 5.82 Å². The number of halogens is 1. The van der Waals surface area contributed by atoms with E-state index in [4.69, 9.17) is 5.73 Å². The third-order valence-corrected chi connectivity index (χ3v) is 6.06. The van der Waals surface area contributed by atoms with Gasteiger partial charge >= 0.3 is 0 Å². The van der Waals surface area contributed by atoms with Crippen LogP contribution in [0.4, 0.5) is 4.39 Å². The largest absolute Gasteiger partial charge is 0.326 e. The molecule has 3 N–H and O–H groups in total. The highest BCUT2D eigenvalue weighted by Gasteiger charge is 2.39. The summed E-state index contributed by atoms with van der Waals surface area (Å²) in [5, 5.41) is 0. The molecule has 1 aromatic rings. The van der Waals surface area contributed by atoms with Gasteiger partial charge in [0.1, 0.15) is 5.82 Å². The molecule has 2 atom stereocenters. The van der Waals surface area contributed by atoms with Crippen LogP contribution in [-0.2, 0) is 16.6 Å². The van der Waals surface area contributed by atoms with E-state index < -0.39 is 15.8 Å². The van der Waals surface area contributed by atoms with Gasteiger partial charge < -0.3 is 5.73 Å². The Hall–Kier alpha value is -1.02. The molecule has 21 heavy (non-hydrogen) atoms. The standard InChI is InChI=1S/C14H20FN3O2S/c15-11-3-1-5-14(10(11)9-16)21(19,20)17-12-6-8-18-7-2-4-13(12)18/h1,3,5,12-13,17H,2,4,6-9,16H2. The van der Waals surface area contributed by atoms with Crippen LogP contribution >= 0.6 is 0 Å². The summed E-state index contributed by atoms with van der Waals surface area (Å²) in [6, 6.07) is 4.23. The topological polar surface area (TPSA) is 75.4 Å². The number of nitrogens with two attached hydrogens (primary N) is 1. The van der Waals surface area contributed by atoms with Gasteiger partial charge in [-0.25, -0.2) is 17.5 Å². The van der Waals surface area contributed by atoms with Crippen molar-refractivity contribution in [3.05, 3.63) is 29.6 Å². The lowest BCUT2D eigenvalue weighted by molar-refractivity contribution is 0.309. The van der Waals surface area contributed by atoms with E-state index in [-0.39, 0.29) is 29.1 Å². The number of hydrogen-bond donors (Lipinski definition) is 2. The lowest BCUT2D eigenvalue weighted by atomic mass is 10.1. The van der Waals surface area contributed by atoms with Gasteiger partial charge in [-0.2, -0.15) is 0 Å². The highest BCUT2D eigenvalue weighted by atomic mass is 32.2. The van der Waals surface area contributed by atoms with Gasteiger partial charge in [0.2, 0.25) is 10.0 Å². The molecule has 2 aliphatic heterocycles. The van der Waals surface area contributed by atoms with Crippen molar-refractivity contribution in [2.75, 3.05) is 13.1 Å². The fraction of sp³-hybridized carbons (Fsp3) is 0.571. The minimum atomic E-state index is -3.74. The molecule has 3 rings (SSSR count). The van der Waals surface area contributed by atoms with Crippen LogP contribution in [0.3, 0.4) is 0 Å². The number of benzene rings is 1. The normalized spacial score (nSPS) is 26.2. The molecule has 0 bridgehead atoms. The Morgan fingerprint density at radius 1 is 1.33 bits per heavy atom. The highest BCUT2D eigenvalue weighted by Crippen LogP contribution is 2.29. The Balaban J connectivity index is 1.86. The summed E-state index contributed by atoms with van der Waals surface area (Å²) in [5.74, 6) is -0.575. The molecule has 0 aliphatic carbocycles. The van der Waals surface area contributed by atoms with E-state index in [0.29, 0.717) is 0 Å². The lowest BCUT2D eigenvalue weighted by Crippen LogP contribution is -2.42. The van der Waals surface area contributed by atoms with Crippen molar-refractivity contribution < 1.29 is 12.8 Å². The summed E-state index contributed by atoms with van der Waals surface area (Å²) in [7, 11) is -3.74.